The molecule has 0 aliphatic carbocycles. The zero-order valence-electron chi connectivity index (χ0n) is 8.38. The SMILES string of the molecule is c1cnc2[nH]cc(Nc3ccncn3)c2c1. The summed E-state index contributed by atoms with van der Waals surface area (Å²) in [5.41, 5.74) is 1.82. The van der Waals surface area contributed by atoms with E-state index in [1.54, 1.807) is 12.4 Å². The van der Waals surface area contributed by atoms with Crippen LogP contribution in [0.15, 0.2) is 43.1 Å². The van der Waals surface area contributed by atoms with Crippen LogP contribution in [0.5, 0.6) is 0 Å². The van der Waals surface area contributed by atoms with Crippen LogP contribution in [0.25, 0.3) is 11.0 Å². The lowest BCUT2D eigenvalue weighted by atomic mass is 10.3. The lowest BCUT2D eigenvalue weighted by Crippen LogP contribution is -1.92. The van der Waals surface area contributed by atoms with Gasteiger partial charge in [-0.3, -0.25) is 0 Å². The molecule has 0 fully saturated rings. The summed E-state index contributed by atoms with van der Waals surface area (Å²) in [7, 11) is 0. The number of anilines is 2. The van der Waals surface area contributed by atoms with E-state index in [9.17, 15) is 0 Å². The average molecular weight is 211 g/mol. The van der Waals surface area contributed by atoms with Gasteiger partial charge in [-0.2, -0.15) is 0 Å². The van der Waals surface area contributed by atoms with Crippen molar-refractivity contribution in [2.24, 2.45) is 0 Å². The lowest BCUT2D eigenvalue weighted by Gasteiger charge is -2.01. The maximum absolute atomic E-state index is 4.22. The van der Waals surface area contributed by atoms with Crippen LogP contribution in [-0.4, -0.2) is 19.9 Å². The van der Waals surface area contributed by atoms with Gasteiger partial charge >= 0.3 is 0 Å². The predicted octanol–water partition coefficient (Wildman–Crippen LogP) is 2.10. The standard InChI is InChI=1S/C11H9N5/c1-2-8-9(6-14-11(8)13-4-1)16-10-3-5-12-7-15-10/h1-7H,(H,13,14)(H,12,15,16). The number of aromatic amines is 1. The summed E-state index contributed by atoms with van der Waals surface area (Å²) in [6.07, 6.45) is 6.84. The van der Waals surface area contributed by atoms with Crippen molar-refractivity contribution in [2.75, 3.05) is 5.32 Å². The third kappa shape index (κ3) is 1.48. The average Bonchev–Trinajstić information content (AvgIpc) is 2.74. The van der Waals surface area contributed by atoms with Crippen LogP contribution < -0.4 is 5.32 Å². The summed E-state index contributed by atoms with van der Waals surface area (Å²) in [6, 6.07) is 5.72. The Hall–Kier alpha value is -2.43. The number of pyridine rings is 1. The van der Waals surface area contributed by atoms with E-state index in [-0.39, 0.29) is 0 Å². The third-order valence-corrected chi connectivity index (χ3v) is 2.30. The van der Waals surface area contributed by atoms with Crippen molar-refractivity contribution in [1.82, 2.24) is 19.9 Å². The normalized spacial score (nSPS) is 10.5. The van der Waals surface area contributed by atoms with E-state index in [2.05, 4.69) is 25.3 Å². The van der Waals surface area contributed by atoms with E-state index in [4.69, 9.17) is 0 Å². The summed E-state index contributed by atoms with van der Waals surface area (Å²) in [5.74, 6) is 0.764. The summed E-state index contributed by atoms with van der Waals surface area (Å²) in [6.45, 7) is 0. The van der Waals surface area contributed by atoms with Crippen LogP contribution in [0, 0.1) is 0 Å². The van der Waals surface area contributed by atoms with E-state index in [0.717, 1.165) is 22.5 Å². The van der Waals surface area contributed by atoms with Crippen molar-refractivity contribution in [3.8, 4) is 0 Å². The van der Waals surface area contributed by atoms with E-state index in [1.165, 1.54) is 6.33 Å². The van der Waals surface area contributed by atoms with Gasteiger partial charge in [0.05, 0.1) is 5.69 Å². The zero-order chi connectivity index (χ0) is 10.8. The van der Waals surface area contributed by atoms with Crippen LogP contribution in [0.1, 0.15) is 0 Å². The van der Waals surface area contributed by atoms with E-state index < -0.39 is 0 Å². The van der Waals surface area contributed by atoms with Gasteiger partial charge in [-0.05, 0) is 18.2 Å². The third-order valence-electron chi connectivity index (χ3n) is 2.30. The lowest BCUT2D eigenvalue weighted by molar-refractivity contribution is 1.17. The molecule has 3 heterocycles. The Morgan fingerprint density at radius 3 is 3.00 bits per heavy atom. The van der Waals surface area contributed by atoms with Crippen LogP contribution in [0.4, 0.5) is 11.5 Å². The molecule has 0 saturated carbocycles. The molecule has 0 saturated heterocycles. The monoisotopic (exact) mass is 211 g/mol. The molecule has 3 aromatic rings. The van der Waals surface area contributed by atoms with Gasteiger partial charge in [-0.1, -0.05) is 0 Å². The largest absolute Gasteiger partial charge is 0.344 e. The number of H-pyrrole nitrogens is 1. The zero-order valence-corrected chi connectivity index (χ0v) is 8.38. The number of rotatable bonds is 2. The molecule has 0 spiro atoms. The number of aromatic nitrogens is 4. The molecule has 16 heavy (non-hydrogen) atoms. The first-order valence-corrected chi connectivity index (χ1v) is 4.88. The number of hydrogen-bond acceptors (Lipinski definition) is 4. The molecule has 3 aromatic heterocycles. The quantitative estimate of drug-likeness (QED) is 0.681. The second-order valence-electron chi connectivity index (χ2n) is 3.32. The summed E-state index contributed by atoms with van der Waals surface area (Å²) < 4.78 is 0. The fraction of sp³-hybridized carbons (Fsp3) is 0. The molecule has 2 N–H and O–H groups in total. The minimum atomic E-state index is 0.764. The van der Waals surface area contributed by atoms with E-state index in [1.807, 2.05) is 24.4 Å². The van der Waals surface area contributed by atoms with Crippen molar-refractivity contribution in [1.29, 1.82) is 0 Å². The molecule has 0 aliphatic rings. The molecule has 0 bridgehead atoms. The molecule has 0 atom stereocenters. The maximum Gasteiger partial charge on any atom is 0.139 e. The van der Waals surface area contributed by atoms with Crippen LogP contribution in [-0.2, 0) is 0 Å². The summed E-state index contributed by atoms with van der Waals surface area (Å²) in [5, 5.41) is 4.25. The van der Waals surface area contributed by atoms with Gasteiger partial charge < -0.3 is 10.3 Å². The minimum Gasteiger partial charge on any atom is -0.344 e. The molecule has 0 aliphatic heterocycles. The summed E-state index contributed by atoms with van der Waals surface area (Å²) >= 11 is 0. The highest BCUT2D eigenvalue weighted by atomic mass is 15.0. The summed E-state index contributed by atoms with van der Waals surface area (Å²) in [4.78, 5) is 15.3. The molecule has 0 amide bonds. The van der Waals surface area contributed by atoms with Gasteiger partial charge in [0.1, 0.15) is 17.8 Å². The molecule has 0 radical (unpaired) electrons. The Balaban J connectivity index is 2.01. The molecular weight excluding hydrogens is 202 g/mol. The Morgan fingerprint density at radius 2 is 2.12 bits per heavy atom. The molecule has 78 valence electrons. The van der Waals surface area contributed by atoms with Gasteiger partial charge in [0.15, 0.2) is 0 Å². The van der Waals surface area contributed by atoms with Crippen molar-refractivity contribution in [3.63, 3.8) is 0 Å². The predicted molar refractivity (Wildman–Crippen MR) is 61.4 cm³/mol. The maximum atomic E-state index is 4.22. The van der Waals surface area contributed by atoms with Crippen molar-refractivity contribution >= 4 is 22.5 Å². The highest BCUT2D eigenvalue weighted by Gasteiger charge is 2.03. The molecule has 5 heteroatoms. The second kappa shape index (κ2) is 3.62. The number of fused-ring (bicyclic) bond motifs is 1. The topological polar surface area (TPSA) is 66.5 Å². The van der Waals surface area contributed by atoms with Gasteiger partial charge in [-0.25, -0.2) is 15.0 Å². The number of nitrogens with zero attached hydrogens (tertiary/aromatic N) is 3. The van der Waals surface area contributed by atoms with Crippen molar-refractivity contribution < 1.29 is 0 Å². The molecule has 3 rings (SSSR count). The Labute approximate surface area is 91.6 Å². The fourth-order valence-corrected chi connectivity index (χ4v) is 1.56. The van der Waals surface area contributed by atoms with Crippen molar-refractivity contribution in [2.45, 2.75) is 0 Å². The minimum absolute atomic E-state index is 0.764. The first-order chi connectivity index (χ1) is 7.93. The van der Waals surface area contributed by atoms with Crippen LogP contribution in [0.2, 0.25) is 0 Å². The first-order valence-electron chi connectivity index (χ1n) is 4.88. The van der Waals surface area contributed by atoms with Crippen LogP contribution >= 0.6 is 0 Å². The molecule has 5 nitrogen and oxygen atoms in total. The smallest absolute Gasteiger partial charge is 0.139 e. The second-order valence-corrected chi connectivity index (χ2v) is 3.32. The number of nitrogens with one attached hydrogen (secondary N) is 2. The highest BCUT2D eigenvalue weighted by Crippen LogP contribution is 2.23. The Kier molecular flexibility index (Phi) is 2.00. The fourth-order valence-electron chi connectivity index (χ4n) is 1.56. The van der Waals surface area contributed by atoms with Gasteiger partial charge in [0.25, 0.3) is 0 Å². The van der Waals surface area contributed by atoms with E-state index >= 15 is 0 Å². The van der Waals surface area contributed by atoms with Gasteiger partial charge in [-0.15, -0.1) is 0 Å². The highest BCUT2D eigenvalue weighted by molar-refractivity contribution is 5.91. The molecule has 0 aromatic carbocycles. The number of hydrogen-bond donors (Lipinski definition) is 2. The van der Waals surface area contributed by atoms with Crippen LogP contribution in [0.3, 0.4) is 0 Å². The molecule has 0 unspecified atom stereocenters. The first kappa shape index (κ1) is 8.84. The van der Waals surface area contributed by atoms with E-state index in [0.29, 0.717) is 0 Å². The van der Waals surface area contributed by atoms with Gasteiger partial charge in [0.2, 0.25) is 0 Å². The Bertz CT molecular complexity index is 602. The Morgan fingerprint density at radius 1 is 1.12 bits per heavy atom. The molecular formula is C11H9N5. The van der Waals surface area contributed by atoms with Gasteiger partial charge in [0, 0.05) is 24.0 Å². The van der Waals surface area contributed by atoms with Crippen molar-refractivity contribution in [3.05, 3.63) is 43.1 Å².